The second kappa shape index (κ2) is 6.37. The van der Waals surface area contributed by atoms with Gasteiger partial charge in [0.25, 0.3) is 0 Å². The van der Waals surface area contributed by atoms with Crippen LogP contribution in [0.25, 0.3) is 0 Å². The summed E-state index contributed by atoms with van der Waals surface area (Å²) < 4.78 is 0. The van der Waals surface area contributed by atoms with Gasteiger partial charge in [0.15, 0.2) is 0 Å². The van der Waals surface area contributed by atoms with Crippen molar-refractivity contribution in [3.05, 3.63) is 35.4 Å². The number of halogens is 1. The van der Waals surface area contributed by atoms with Gasteiger partial charge in [-0.05, 0) is 41.2 Å². The Kier molecular flexibility index (Phi) is 4.95. The Balaban J connectivity index is 0.00000161. The van der Waals surface area contributed by atoms with E-state index in [4.69, 9.17) is 5.73 Å². The van der Waals surface area contributed by atoms with E-state index in [1.807, 2.05) is 6.92 Å². The van der Waals surface area contributed by atoms with Crippen LogP contribution in [0.5, 0.6) is 0 Å². The molecule has 0 bridgehead atoms. The molecular formula is C17H25ClN2O. The van der Waals surface area contributed by atoms with Gasteiger partial charge in [-0.25, -0.2) is 0 Å². The lowest BCUT2D eigenvalue weighted by Gasteiger charge is -2.18. The second-order valence-electron chi connectivity index (χ2n) is 6.41. The minimum Gasteiger partial charge on any atom is -0.354 e. The maximum absolute atomic E-state index is 12.0. The molecule has 0 spiro atoms. The summed E-state index contributed by atoms with van der Waals surface area (Å²) in [6, 6.07) is 8.34. The van der Waals surface area contributed by atoms with E-state index in [-0.39, 0.29) is 30.3 Å². The average Bonchev–Trinajstić information content (AvgIpc) is 3.01. The molecule has 0 aromatic heterocycles. The van der Waals surface area contributed by atoms with Crippen LogP contribution >= 0.6 is 12.4 Å². The zero-order chi connectivity index (χ0) is 14.3. The summed E-state index contributed by atoms with van der Waals surface area (Å²) in [4.78, 5) is 12.0. The van der Waals surface area contributed by atoms with Crippen molar-refractivity contribution in [1.29, 1.82) is 0 Å². The molecule has 0 saturated heterocycles. The molecule has 3 rings (SSSR count). The lowest BCUT2D eigenvalue weighted by atomic mass is 9.99. The highest BCUT2D eigenvalue weighted by atomic mass is 35.5. The number of nitrogens with one attached hydrogen (secondary N) is 1. The van der Waals surface area contributed by atoms with Crippen molar-refractivity contribution in [2.24, 2.45) is 23.5 Å². The molecule has 3 N–H and O–H groups in total. The summed E-state index contributed by atoms with van der Waals surface area (Å²) in [6.07, 6.45) is 2.12. The fraction of sp³-hybridized carbons (Fsp3) is 0.588. The predicted molar refractivity (Wildman–Crippen MR) is 87.6 cm³/mol. The van der Waals surface area contributed by atoms with E-state index < -0.39 is 0 Å². The third kappa shape index (κ3) is 2.95. The fourth-order valence-electron chi connectivity index (χ4n) is 3.61. The molecule has 4 heteroatoms. The van der Waals surface area contributed by atoms with E-state index >= 15 is 0 Å². The quantitative estimate of drug-likeness (QED) is 0.878. The summed E-state index contributed by atoms with van der Waals surface area (Å²) >= 11 is 0. The molecule has 5 atom stereocenters. The van der Waals surface area contributed by atoms with Crippen LogP contribution in [0.4, 0.5) is 0 Å². The second-order valence-corrected chi connectivity index (χ2v) is 6.41. The number of nitrogens with two attached hydrogens (primary N) is 1. The van der Waals surface area contributed by atoms with Crippen LogP contribution in [0.15, 0.2) is 24.3 Å². The topological polar surface area (TPSA) is 55.1 Å². The molecule has 1 amide bonds. The number of hydrogen-bond donors (Lipinski definition) is 2. The number of hydrogen-bond acceptors (Lipinski definition) is 2. The van der Waals surface area contributed by atoms with Crippen LogP contribution in [-0.2, 0) is 11.2 Å². The summed E-state index contributed by atoms with van der Waals surface area (Å²) in [5, 5.41) is 3.06. The molecular weight excluding hydrogens is 284 g/mol. The van der Waals surface area contributed by atoms with Gasteiger partial charge in [0.05, 0.1) is 6.04 Å². The molecule has 2 aliphatic carbocycles. The van der Waals surface area contributed by atoms with Crippen molar-refractivity contribution >= 4 is 18.3 Å². The normalized spacial score (nSPS) is 27.9. The van der Waals surface area contributed by atoms with Crippen molar-refractivity contribution in [3.63, 3.8) is 0 Å². The van der Waals surface area contributed by atoms with Crippen molar-refractivity contribution in [1.82, 2.24) is 5.32 Å². The number of carbonyl (C=O) groups excluding carboxylic acids is 1. The molecule has 0 heterocycles. The van der Waals surface area contributed by atoms with Gasteiger partial charge in [-0.15, -0.1) is 12.4 Å². The number of amides is 1. The lowest BCUT2D eigenvalue weighted by Crippen LogP contribution is -2.45. The van der Waals surface area contributed by atoms with E-state index in [1.54, 1.807) is 0 Å². The Hall–Kier alpha value is -1.06. The molecule has 3 nitrogen and oxygen atoms in total. The van der Waals surface area contributed by atoms with Crippen LogP contribution in [0.2, 0.25) is 0 Å². The van der Waals surface area contributed by atoms with E-state index in [0.29, 0.717) is 11.8 Å². The van der Waals surface area contributed by atoms with E-state index in [1.165, 1.54) is 17.5 Å². The van der Waals surface area contributed by atoms with Gasteiger partial charge in [-0.3, -0.25) is 4.79 Å². The number of benzene rings is 1. The molecule has 0 aliphatic heterocycles. The van der Waals surface area contributed by atoms with Crippen LogP contribution < -0.4 is 11.1 Å². The zero-order valence-corrected chi connectivity index (χ0v) is 13.5. The number of rotatable bonds is 5. The number of fused-ring (bicyclic) bond motifs is 3. The van der Waals surface area contributed by atoms with Crippen LogP contribution in [0.3, 0.4) is 0 Å². The Morgan fingerprint density at radius 2 is 2.14 bits per heavy atom. The third-order valence-corrected chi connectivity index (χ3v) is 5.27. The lowest BCUT2D eigenvalue weighted by molar-refractivity contribution is -0.123. The Bertz CT molecular complexity index is 519. The first kappa shape index (κ1) is 16.3. The van der Waals surface area contributed by atoms with Crippen molar-refractivity contribution < 1.29 is 4.79 Å². The Morgan fingerprint density at radius 3 is 2.86 bits per heavy atom. The van der Waals surface area contributed by atoms with Crippen molar-refractivity contribution in [3.8, 4) is 0 Å². The largest absolute Gasteiger partial charge is 0.354 e. The molecule has 1 aromatic carbocycles. The van der Waals surface area contributed by atoms with Gasteiger partial charge < -0.3 is 11.1 Å². The van der Waals surface area contributed by atoms with Crippen molar-refractivity contribution in [2.45, 2.75) is 38.6 Å². The Labute approximate surface area is 133 Å². The molecule has 1 aromatic rings. The van der Waals surface area contributed by atoms with Crippen LogP contribution in [-0.4, -0.2) is 18.5 Å². The van der Waals surface area contributed by atoms with E-state index in [9.17, 15) is 4.79 Å². The van der Waals surface area contributed by atoms with Gasteiger partial charge in [0.1, 0.15) is 0 Å². The maximum Gasteiger partial charge on any atom is 0.237 e. The average molecular weight is 309 g/mol. The molecule has 116 valence electrons. The SMILES string of the molecule is CCC(C)C(N)C(=O)NCC1C2Cc3ccccc3C12.Cl. The van der Waals surface area contributed by atoms with Crippen LogP contribution in [0.1, 0.15) is 37.3 Å². The van der Waals surface area contributed by atoms with E-state index in [0.717, 1.165) is 18.9 Å². The predicted octanol–water partition coefficient (Wildman–Crippen LogP) is 2.48. The molecule has 0 radical (unpaired) electrons. The van der Waals surface area contributed by atoms with Gasteiger partial charge in [-0.2, -0.15) is 0 Å². The van der Waals surface area contributed by atoms with Gasteiger partial charge in [0.2, 0.25) is 5.91 Å². The van der Waals surface area contributed by atoms with Gasteiger partial charge >= 0.3 is 0 Å². The Morgan fingerprint density at radius 1 is 1.43 bits per heavy atom. The standard InChI is InChI=1S/C17H24N2O.ClH/c1-3-10(2)16(18)17(20)19-9-14-13-8-11-6-4-5-7-12(11)15(13)14;/h4-7,10,13-16H,3,8-9,18H2,1-2H3,(H,19,20);1H. The monoisotopic (exact) mass is 308 g/mol. The smallest absolute Gasteiger partial charge is 0.237 e. The first-order chi connectivity index (χ1) is 9.63. The van der Waals surface area contributed by atoms with E-state index in [2.05, 4.69) is 36.5 Å². The summed E-state index contributed by atoms with van der Waals surface area (Å²) in [5.74, 6) is 2.30. The molecule has 2 aliphatic rings. The molecule has 21 heavy (non-hydrogen) atoms. The summed E-state index contributed by atoms with van der Waals surface area (Å²) in [5.41, 5.74) is 8.96. The van der Waals surface area contributed by atoms with Crippen molar-refractivity contribution in [2.75, 3.05) is 6.54 Å². The molecule has 5 unspecified atom stereocenters. The third-order valence-electron chi connectivity index (χ3n) is 5.27. The fourth-order valence-corrected chi connectivity index (χ4v) is 3.61. The molecule has 1 saturated carbocycles. The summed E-state index contributed by atoms with van der Waals surface area (Å²) in [7, 11) is 0. The highest BCUT2D eigenvalue weighted by Crippen LogP contribution is 2.60. The first-order valence-corrected chi connectivity index (χ1v) is 7.74. The molecule has 1 fully saturated rings. The highest BCUT2D eigenvalue weighted by Gasteiger charge is 2.55. The van der Waals surface area contributed by atoms with Gasteiger partial charge in [0, 0.05) is 6.54 Å². The minimum atomic E-state index is -0.370. The highest BCUT2D eigenvalue weighted by molar-refractivity contribution is 5.85. The summed E-state index contributed by atoms with van der Waals surface area (Å²) in [6.45, 7) is 4.89. The minimum absolute atomic E-state index is 0. The van der Waals surface area contributed by atoms with Gasteiger partial charge in [-0.1, -0.05) is 44.5 Å². The first-order valence-electron chi connectivity index (χ1n) is 7.74. The maximum atomic E-state index is 12.0. The number of carbonyl (C=O) groups is 1. The zero-order valence-electron chi connectivity index (χ0n) is 12.7. The van der Waals surface area contributed by atoms with Crippen LogP contribution in [0, 0.1) is 17.8 Å².